The Morgan fingerprint density at radius 2 is 1.72 bits per heavy atom. The van der Waals surface area contributed by atoms with Crippen LogP contribution in [0.15, 0.2) is 85.2 Å². The second-order valence-corrected chi connectivity index (χ2v) is 8.46. The van der Waals surface area contributed by atoms with E-state index in [1.165, 1.54) is 11.6 Å². The van der Waals surface area contributed by atoms with Crippen LogP contribution in [-0.4, -0.2) is 14.7 Å². The average molecular weight is 443 g/mol. The first-order valence-corrected chi connectivity index (χ1v) is 10.9. The van der Waals surface area contributed by atoms with Crippen LogP contribution in [-0.2, 0) is 0 Å². The van der Waals surface area contributed by atoms with E-state index >= 15 is 0 Å². The summed E-state index contributed by atoms with van der Waals surface area (Å²) in [5.74, 6) is -0.229. The lowest BCUT2D eigenvalue weighted by atomic mass is 10.0. The van der Waals surface area contributed by atoms with Crippen molar-refractivity contribution in [2.45, 2.75) is 25.9 Å². The Morgan fingerprint density at radius 1 is 0.938 bits per heavy atom. The number of nitrogens with one attached hydrogen (secondary N) is 1. The molecule has 160 valence electrons. The first-order valence-electron chi connectivity index (χ1n) is 10.5. The Balaban J connectivity index is 1.67. The first kappa shape index (κ1) is 20.4. The van der Waals surface area contributed by atoms with Crippen LogP contribution in [0.4, 0.5) is 10.1 Å². The third kappa shape index (κ3) is 3.56. The molecule has 2 unspecified atom stereocenters. The van der Waals surface area contributed by atoms with E-state index in [1.54, 1.807) is 19.2 Å². The van der Waals surface area contributed by atoms with Crippen LogP contribution in [0, 0.1) is 19.7 Å². The van der Waals surface area contributed by atoms with Crippen molar-refractivity contribution in [3.8, 4) is 5.69 Å². The summed E-state index contributed by atoms with van der Waals surface area (Å²) >= 11 is 5.79. The summed E-state index contributed by atoms with van der Waals surface area (Å²) in [5, 5.41) is 4.06. The summed E-state index contributed by atoms with van der Waals surface area (Å²) in [4.78, 5) is 6.68. The molecule has 3 heterocycles. The van der Waals surface area contributed by atoms with Crippen molar-refractivity contribution in [2.24, 2.45) is 0 Å². The van der Waals surface area contributed by atoms with Crippen molar-refractivity contribution in [3.63, 3.8) is 0 Å². The van der Waals surface area contributed by atoms with Crippen LogP contribution in [0.5, 0.6) is 0 Å². The molecule has 1 aliphatic rings. The SMILES string of the molecule is Cc1ccc(-n2cccc2C2C(c3ccccn3)NC(=S)N2c2ccc(F)c(C)c2)cc1. The average Bonchev–Trinajstić information content (AvgIpc) is 3.41. The molecule has 1 N–H and O–H groups in total. The zero-order valence-electron chi connectivity index (χ0n) is 17.9. The second-order valence-electron chi connectivity index (χ2n) is 8.07. The number of halogens is 1. The van der Waals surface area contributed by atoms with E-state index < -0.39 is 0 Å². The normalized spacial score (nSPS) is 18.1. The van der Waals surface area contributed by atoms with Crippen LogP contribution < -0.4 is 10.2 Å². The minimum absolute atomic E-state index is 0.159. The fraction of sp³-hybridized carbons (Fsp3) is 0.154. The minimum atomic E-state index is -0.229. The fourth-order valence-electron chi connectivity index (χ4n) is 4.29. The molecule has 0 amide bonds. The molecule has 2 aromatic carbocycles. The Bertz CT molecular complexity index is 1270. The lowest BCUT2D eigenvalue weighted by Crippen LogP contribution is -2.30. The number of aryl methyl sites for hydroxylation is 2. The molecule has 1 aliphatic heterocycles. The number of thiocarbonyl (C=S) groups is 1. The number of rotatable bonds is 4. The standard InChI is InChI=1S/C26H23FN4S/c1-17-8-10-19(11-9-17)30-15-5-7-23(30)25-24(22-6-3-4-14-28-22)29-26(32)31(25)20-12-13-21(27)18(2)16-20/h3-16,24-25H,1-2H3,(H,29,32). The maximum absolute atomic E-state index is 14.0. The van der Waals surface area contributed by atoms with Crippen LogP contribution in [0.2, 0.25) is 0 Å². The predicted molar refractivity (Wildman–Crippen MR) is 130 cm³/mol. The van der Waals surface area contributed by atoms with Crippen LogP contribution in [0.1, 0.15) is 34.6 Å². The third-order valence-electron chi connectivity index (χ3n) is 5.91. The van der Waals surface area contributed by atoms with Gasteiger partial charge in [-0.25, -0.2) is 4.39 Å². The fourth-order valence-corrected chi connectivity index (χ4v) is 4.63. The van der Waals surface area contributed by atoms with Crippen LogP contribution in [0.3, 0.4) is 0 Å². The molecule has 4 nitrogen and oxygen atoms in total. The lowest BCUT2D eigenvalue weighted by Gasteiger charge is -2.29. The van der Waals surface area contributed by atoms with Gasteiger partial charge in [0.2, 0.25) is 0 Å². The highest BCUT2D eigenvalue weighted by Gasteiger charge is 2.42. The number of nitrogens with zero attached hydrogens (tertiary/aromatic N) is 3. The molecule has 0 radical (unpaired) electrons. The molecule has 0 saturated carbocycles. The van der Waals surface area contributed by atoms with Gasteiger partial charge in [0.15, 0.2) is 5.11 Å². The van der Waals surface area contributed by atoms with Gasteiger partial charge >= 0.3 is 0 Å². The molecule has 0 aliphatic carbocycles. The van der Waals surface area contributed by atoms with Crippen molar-refractivity contribution < 1.29 is 4.39 Å². The molecule has 2 aromatic heterocycles. The Labute approximate surface area is 192 Å². The molecule has 32 heavy (non-hydrogen) atoms. The first-order chi connectivity index (χ1) is 15.5. The third-order valence-corrected chi connectivity index (χ3v) is 6.23. The van der Waals surface area contributed by atoms with E-state index in [-0.39, 0.29) is 17.9 Å². The zero-order valence-corrected chi connectivity index (χ0v) is 18.7. The van der Waals surface area contributed by atoms with Crippen LogP contribution in [0.25, 0.3) is 5.69 Å². The number of anilines is 1. The zero-order chi connectivity index (χ0) is 22.2. The molecular weight excluding hydrogens is 419 g/mol. The van der Waals surface area contributed by atoms with Gasteiger partial charge in [-0.15, -0.1) is 0 Å². The smallest absolute Gasteiger partial charge is 0.174 e. The quantitative estimate of drug-likeness (QED) is 0.405. The van der Waals surface area contributed by atoms with Gasteiger partial charge in [-0.2, -0.15) is 0 Å². The van der Waals surface area contributed by atoms with Crippen molar-refractivity contribution in [2.75, 3.05) is 4.90 Å². The highest BCUT2D eigenvalue weighted by atomic mass is 32.1. The van der Waals surface area contributed by atoms with Gasteiger partial charge in [-0.05, 0) is 86.2 Å². The lowest BCUT2D eigenvalue weighted by molar-refractivity contribution is 0.549. The van der Waals surface area contributed by atoms with E-state index in [1.807, 2.05) is 30.3 Å². The van der Waals surface area contributed by atoms with Gasteiger partial charge in [0.1, 0.15) is 11.9 Å². The van der Waals surface area contributed by atoms with Crippen molar-refractivity contribution in [1.82, 2.24) is 14.9 Å². The molecule has 0 spiro atoms. The predicted octanol–water partition coefficient (Wildman–Crippen LogP) is 5.81. The van der Waals surface area contributed by atoms with E-state index in [4.69, 9.17) is 12.2 Å². The summed E-state index contributed by atoms with van der Waals surface area (Å²) in [7, 11) is 0. The topological polar surface area (TPSA) is 33.1 Å². The molecule has 1 fully saturated rings. The monoisotopic (exact) mass is 442 g/mol. The summed E-state index contributed by atoms with van der Waals surface area (Å²) in [6.07, 6.45) is 3.85. The number of hydrogen-bond acceptors (Lipinski definition) is 2. The summed E-state index contributed by atoms with van der Waals surface area (Å²) < 4.78 is 16.2. The molecule has 4 aromatic rings. The van der Waals surface area contributed by atoms with E-state index in [9.17, 15) is 4.39 Å². The van der Waals surface area contributed by atoms with Crippen molar-refractivity contribution in [1.29, 1.82) is 0 Å². The van der Waals surface area contributed by atoms with E-state index in [0.29, 0.717) is 10.7 Å². The van der Waals surface area contributed by atoms with E-state index in [2.05, 4.69) is 63.2 Å². The van der Waals surface area contributed by atoms with Crippen LogP contribution >= 0.6 is 12.2 Å². The van der Waals surface area contributed by atoms with Crippen molar-refractivity contribution >= 4 is 23.0 Å². The molecule has 5 rings (SSSR count). The maximum Gasteiger partial charge on any atom is 0.174 e. The number of benzene rings is 2. The number of aromatic nitrogens is 2. The molecular formula is C26H23FN4S. The Morgan fingerprint density at radius 3 is 2.44 bits per heavy atom. The van der Waals surface area contributed by atoms with Gasteiger partial charge < -0.3 is 14.8 Å². The Kier molecular flexibility index (Phi) is 5.23. The van der Waals surface area contributed by atoms with Gasteiger partial charge in [-0.1, -0.05) is 23.8 Å². The Hall–Kier alpha value is -3.51. The molecule has 2 atom stereocenters. The van der Waals surface area contributed by atoms with Gasteiger partial charge in [0.05, 0.1) is 11.7 Å². The van der Waals surface area contributed by atoms with Crippen molar-refractivity contribution in [3.05, 3.63) is 114 Å². The summed E-state index contributed by atoms with van der Waals surface area (Å²) in [6, 6.07) is 23.3. The minimum Gasteiger partial charge on any atom is -0.351 e. The summed E-state index contributed by atoms with van der Waals surface area (Å²) in [5.41, 5.74) is 5.68. The van der Waals surface area contributed by atoms with Gasteiger partial charge in [0.25, 0.3) is 0 Å². The van der Waals surface area contributed by atoms with Gasteiger partial charge in [0, 0.05) is 29.5 Å². The largest absolute Gasteiger partial charge is 0.351 e. The highest BCUT2D eigenvalue weighted by Crippen LogP contribution is 2.42. The maximum atomic E-state index is 14.0. The molecule has 6 heteroatoms. The highest BCUT2D eigenvalue weighted by molar-refractivity contribution is 7.80. The van der Waals surface area contributed by atoms with E-state index in [0.717, 1.165) is 22.8 Å². The second kappa shape index (κ2) is 8.20. The van der Waals surface area contributed by atoms with Gasteiger partial charge in [-0.3, -0.25) is 4.98 Å². The summed E-state index contributed by atoms with van der Waals surface area (Å²) in [6.45, 7) is 3.85. The number of pyridine rings is 1. The molecule has 0 bridgehead atoms. The number of hydrogen-bond donors (Lipinski definition) is 1. The molecule has 1 saturated heterocycles.